The van der Waals surface area contributed by atoms with E-state index < -0.39 is 73.2 Å². The molecule has 4 amide bonds. The number of carbonyl (C=O) groups excluding carboxylic acids is 7. The van der Waals surface area contributed by atoms with E-state index in [0.717, 1.165) is 11.1 Å². The van der Waals surface area contributed by atoms with Crippen LogP contribution in [0.3, 0.4) is 0 Å². The summed E-state index contributed by atoms with van der Waals surface area (Å²) in [5.74, 6) is -6.10. The molecule has 0 fully saturated rings. The number of anilines is 1. The maximum Gasteiger partial charge on any atom is 0.247 e. The predicted molar refractivity (Wildman–Crippen MR) is 206 cm³/mol. The van der Waals surface area contributed by atoms with Crippen molar-refractivity contribution in [2.45, 2.75) is 46.1 Å². The maximum atomic E-state index is 14.1. The molecule has 294 valence electrons. The largest absolute Gasteiger partial charge is 0.396 e. The minimum Gasteiger partial charge on any atom is -0.396 e. The van der Waals surface area contributed by atoms with E-state index in [1.165, 1.54) is 35.7 Å². The Kier molecular flexibility index (Phi) is 18.1. The van der Waals surface area contributed by atoms with Gasteiger partial charge in [0.25, 0.3) is 0 Å². The zero-order valence-corrected chi connectivity index (χ0v) is 31.8. The number of primary amides is 1. The van der Waals surface area contributed by atoms with Crippen LogP contribution in [0.1, 0.15) is 44.2 Å². The fourth-order valence-corrected chi connectivity index (χ4v) is 6.00. The molecule has 13 nitrogen and oxygen atoms in total. The fraction of sp³-hybridized carbons (Fsp3) is 0.405. The van der Waals surface area contributed by atoms with Crippen LogP contribution in [0.2, 0.25) is 0 Å². The molecule has 0 saturated carbocycles. The van der Waals surface area contributed by atoms with Crippen molar-refractivity contribution in [3.63, 3.8) is 0 Å². The van der Waals surface area contributed by atoms with E-state index in [1.54, 1.807) is 66.7 Å². The number of amides is 4. The molecule has 0 aliphatic rings. The minimum absolute atomic E-state index is 0.0557. The van der Waals surface area contributed by atoms with E-state index in [1.807, 2.05) is 24.3 Å². The lowest BCUT2D eigenvalue weighted by Crippen LogP contribution is -2.48. The van der Waals surface area contributed by atoms with E-state index in [9.17, 15) is 38.7 Å². The molecule has 13 heteroatoms. The van der Waals surface area contributed by atoms with Crippen LogP contribution in [-0.4, -0.2) is 102 Å². The van der Waals surface area contributed by atoms with Crippen molar-refractivity contribution in [3.05, 3.63) is 102 Å². The Balaban J connectivity index is 1.81. The van der Waals surface area contributed by atoms with Gasteiger partial charge in [-0.05, 0) is 29.7 Å². The number of aliphatic hydroxyl groups excluding tert-OH is 1. The standard InChI is InChI=1S/C42H52N4O9/c1-30(42(43)54)21-38(50)34(22-32-13-7-4-8-14-32)24-39(51)35(29-47)23-37(49)26-46(36-17-11-6-12-18-36)41(53)28-45(25-33-15-9-5-10-16-33)40(52)27-44(31(2)48)19-20-55-3/h4-18,30,34-35,47H,19-29H2,1-3H3,(H2,43,54). The van der Waals surface area contributed by atoms with Gasteiger partial charge in [0.1, 0.15) is 18.1 Å². The van der Waals surface area contributed by atoms with Crippen LogP contribution in [0.25, 0.3) is 0 Å². The lowest BCUT2D eigenvalue weighted by Gasteiger charge is -2.30. The van der Waals surface area contributed by atoms with Crippen LogP contribution >= 0.6 is 0 Å². The summed E-state index contributed by atoms with van der Waals surface area (Å²) >= 11 is 0. The van der Waals surface area contributed by atoms with Crippen molar-refractivity contribution in [2.24, 2.45) is 23.5 Å². The molecule has 0 aliphatic heterocycles. The Morgan fingerprint density at radius 3 is 1.78 bits per heavy atom. The third kappa shape index (κ3) is 14.7. The second-order valence-corrected chi connectivity index (χ2v) is 13.6. The highest BCUT2D eigenvalue weighted by Crippen LogP contribution is 2.22. The van der Waals surface area contributed by atoms with Crippen LogP contribution < -0.4 is 10.6 Å². The second kappa shape index (κ2) is 22.6. The first-order valence-electron chi connectivity index (χ1n) is 18.3. The van der Waals surface area contributed by atoms with E-state index in [4.69, 9.17) is 10.5 Å². The van der Waals surface area contributed by atoms with Gasteiger partial charge in [0.2, 0.25) is 23.6 Å². The van der Waals surface area contributed by atoms with Gasteiger partial charge in [0.15, 0.2) is 5.78 Å². The van der Waals surface area contributed by atoms with E-state index in [2.05, 4.69) is 0 Å². The van der Waals surface area contributed by atoms with Crippen LogP contribution in [0.4, 0.5) is 5.69 Å². The average Bonchev–Trinajstić information content (AvgIpc) is 3.17. The average molecular weight is 757 g/mol. The van der Waals surface area contributed by atoms with Gasteiger partial charge in [-0.1, -0.05) is 85.8 Å². The lowest BCUT2D eigenvalue weighted by molar-refractivity contribution is -0.141. The molecule has 3 aromatic rings. The number of nitrogens with zero attached hydrogens (tertiary/aromatic N) is 3. The summed E-state index contributed by atoms with van der Waals surface area (Å²) in [7, 11) is 1.48. The lowest BCUT2D eigenvalue weighted by atomic mass is 9.83. The van der Waals surface area contributed by atoms with Crippen LogP contribution in [0.15, 0.2) is 91.0 Å². The van der Waals surface area contributed by atoms with Gasteiger partial charge in [0, 0.05) is 69.8 Å². The Labute approximate surface area is 322 Å². The Bertz CT molecular complexity index is 1740. The first-order chi connectivity index (χ1) is 26.3. The number of aliphatic hydroxyl groups is 1. The summed E-state index contributed by atoms with van der Waals surface area (Å²) < 4.78 is 5.09. The fourth-order valence-electron chi connectivity index (χ4n) is 6.00. The van der Waals surface area contributed by atoms with Crippen molar-refractivity contribution >= 4 is 46.7 Å². The Morgan fingerprint density at radius 1 is 0.691 bits per heavy atom. The Hall–Kier alpha value is -5.53. The minimum atomic E-state index is -1.15. The number of nitrogens with two attached hydrogens (primary N) is 1. The van der Waals surface area contributed by atoms with E-state index in [-0.39, 0.29) is 57.2 Å². The van der Waals surface area contributed by atoms with E-state index >= 15 is 0 Å². The van der Waals surface area contributed by atoms with Crippen molar-refractivity contribution < 1.29 is 43.4 Å². The molecule has 0 spiro atoms. The van der Waals surface area contributed by atoms with Gasteiger partial charge in [0.05, 0.1) is 26.3 Å². The zero-order chi connectivity index (χ0) is 40.3. The predicted octanol–water partition coefficient (Wildman–Crippen LogP) is 3.01. The smallest absolute Gasteiger partial charge is 0.247 e. The van der Waals surface area contributed by atoms with Crippen LogP contribution in [0, 0.1) is 17.8 Å². The van der Waals surface area contributed by atoms with Gasteiger partial charge in [-0.25, -0.2) is 0 Å². The molecule has 3 aromatic carbocycles. The number of benzene rings is 3. The number of hydrogen-bond acceptors (Lipinski definition) is 9. The SMILES string of the molecule is COCCN(CC(=O)N(CC(=O)N(CC(=O)CC(CO)C(=O)CC(Cc1ccccc1)C(=O)CC(C)C(N)=O)c1ccccc1)Cc1ccccc1)C(C)=O. The molecule has 0 heterocycles. The number of carbonyl (C=O) groups is 7. The molecule has 0 bridgehead atoms. The molecule has 0 radical (unpaired) electrons. The monoisotopic (exact) mass is 756 g/mol. The molecule has 0 saturated heterocycles. The number of ketones is 3. The topological polar surface area (TPSA) is 185 Å². The highest BCUT2D eigenvalue weighted by molar-refractivity contribution is 6.02. The number of Topliss-reactive ketones (excluding diaryl/α,β-unsaturated/α-hetero) is 3. The summed E-state index contributed by atoms with van der Waals surface area (Å²) in [5.41, 5.74) is 7.32. The van der Waals surface area contributed by atoms with Gasteiger partial charge in [-0.15, -0.1) is 0 Å². The Morgan fingerprint density at radius 2 is 1.24 bits per heavy atom. The van der Waals surface area contributed by atoms with Crippen molar-refractivity contribution in [2.75, 3.05) is 51.4 Å². The summed E-state index contributed by atoms with van der Waals surface area (Å²) in [6.45, 7) is 1.47. The number of rotatable bonds is 24. The highest BCUT2D eigenvalue weighted by Gasteiger charge is 2.31. The summed E-state index contributed by atoms with van der Waals surface area (Å²) in [4.78, 5) is 96.2. The van der Waals surface area contributed by atoms with Crippen LogP contribution in [0.5, 0.6) is 0 Å². The first kappa shape index (κ1) is 43.9. The summed E-state index contributed by atoms with van der Waals surface area (Å²) in [6, 6.07) is 26.5. The number of hydrogen-bond donors (Lipinski definition) is 2. The van der Waals surface area contributed by atoms with Crippen molar-refractivity contribution in [3.8, 4) is 0 Å². The molecular formula is C42H52N4O9. The third-order valence-corrected chi connectivity index (χ3v) is 9.31. The quantitative estimate of drug-likeness (QED) is 0.139. The number of methoxy groups -OCH3 is 1. The van der Waals surface area contributed by atoms with Gasteiger partial charge < -0.3 is 30.3 Å². The first-order valence-corrected chi connectivity index (χ1v) is 18.3. The molecule has 3 N–H and O–H groups in total. The molecular weight excluding hydrogens is 704 g/mol. The second-order valence-electron chi connectivity index (χ2n) is 13.6. The number of ether oxygens (including phenoxy) is 1. The molecule has 0 aliphatic carbocycles. The van der Waals surface area contributed by atoms with Gasteiger partial charge in [-0.2, -0.15) is 0 Å². The molecule has 3 rings (SSSR count). The molecule has 3 unspecified atom stereocenters. The van der Waals surface area contributed by atoms with Crippen molar-refractivity contribution in [1.29, 1.82) is 0 Å². The van der Waals surface area contributed by atoms with Crippen LogP contribution in [-0.2, 0) is 51.3 Å². The van der Waals surface area contributed by atoms with Gasteiger partial charge in [-0.3, -0.25) is 33.6 Å². The molecule has 0 aromatic heterocycles. The highest BCUT2D eigenvalue weighted by atomic mass is 16.5. The summed E-state index contributed by atoms with van der Waals surface area (Å²) in [6.07, 6.45) is -0.609. The maximum absolute atomic E-state index is 14.1. The zero-order valence-electron chi connectivity index (χ0n) is 31.8. The van der Waals surface area contributed by atoms with Gasteiger partial charge >= 0.3 is 0 Å². The molecule has 55 heavy (non-hydrogen) atoms. The van der Waals surface area contributed by atoms with E-state index in [0.29, 0.717) is 5.69 Å². The summed E-state index contributed by atoms with van der Waals surface area (Å²) in [5, 5.41) is 10.3. The third-order valence-electron chi connectivity index (χ3n) is 9.31. The normalized spacial score (nSPS) is 12.5. The van der Waals surface area contributed by atoms with Crippen molar-refractivity contribution in [1.82, 2.24) is 9.80 Å². The molecule has 3 atom stereocenters. The number of para-hydroxylation sites is 1.